The van der Waals surface area contributed by atoms with E-state index in [9.17, 15) is 0 Å². The Labute approximate surface area is 140 Å². The predicted octanol–water partition coefficient (Wildman–Crippen LogP) is 3.08. The lowest BCUT2D eigenvalue weighted by atomic mass is 10.1. The number of rotatable bonds is 5. The smallest absolute Gasteiger partial charge is 0.161 e. The number of H-pyrrole nitrogens is 1. The normalized spacial score (nSPS) is 17.3. The van der Waals surface area contributed by atoms with Crippen LogP contribution in [0.3, 0.4) is 0 Å². The molecule has 2 aromatic heterocycles. The van der Waals surface area contributed by atoms with Gasteiger partial charge in [0, 0.05) is 18.8 Å². The van der Waals surface area contributed by atoms with Crippen LogP contribution in [0.4, 0.5) is 5.82 Å². The van der Waals surface area contributed by atoms with E-state index in [1.165, 1.54) is 12.0 Å². The Morgan fingerprint density at radius 2 is 2.12 bits per heavy atom. The lowest BCUT2D eigenvalue weighted by molar-refractivity contribution is 0.488. The van der Waals surface area contributed by atoms with Crippen molar-refractivity contribution in [3.63, 3.8) is 0 Å². The molecule has 0 bridgehead atoms. The number of hydrogen-bond acceptors (Lipinski definition) is 5. The number of aromatic amines is 1. The lowest BCUT2D eigenvalue weighted by Gasteiger charge is -2.11. The average Bonchev–Trinajstić information content (AvgIpc) is 3.25. The molecule has 1 atom stereocenters. The van der Waals surface area contributed by atoms with Gasteiger partial charge in [0.2, 0.25) is 0 Å². The number of fused-ring (bicyclic) bond motifs is 1. The summed E-state index contributed by atoms with van der Waals surface area (Å²) >= 11 is 0. The number of aromatic nitrogens is 3. The molecule has 0 spiro atoms. The summed E-state index contributed by atoms with van der Waals surface area (Å²) in [6.07, 6.45) is 2.93. The number of pyridine rings is 1. The predicted molar refractivity (Wildman–Crippen MR) is 94.6 cm³/mol. The fourth-order valence-electron chi connectivity index (χ4n) is 3.00. The van der Waals surface area contributed by atoms with Crippen molar-refractivity contribution in [1.82, 2.24) is 20.5 Å². The van der Waals surface area contributed by atoms with Gasteiger partial charge >= 0.3 is 0 Å². The van der Waals surface area contributed by atoms with E-state index < -0.39 is 0 Å². The number of nitrogens with one attached hydrogen (secondary N) is 3. The fraction of sp³-hybridized carbons (Fsp3) is 0.333. The average molecular weight is 323 g/mol. The van der Waals surface area contributed by atoms with Crippen molar-refractivity contribution < 1.29 is 4.74 Å². The molecule has 4 rings (SSSR count). The topological polar surface area (TPSA) is 74.9 Å². The molecule has 6 heteroatoms. The third-order valence-corrected chi connectivity index (χ3v) is 4.39. The van der Waals surface area contributed by atoms with Crippen molar-refractivity contribution in [3.8, 4) is 11.5 Å². The molecular formula is C18H21N5O. The van der Waals surface area contributed by atoms with Crippen LogP contribution >= 0.6 is 0 Å². The molecule has 1 aliphatic rings. The SMILES string of the molecule is Cc1ccc(Oc2ccnc3[nH]nc(NC[C@H]4CCNC4)c23)cc1. The van der Waals surface area contributed by atoms with Crippen LogP contribution in [-0.2, 0) is 0 Å². The van der Waals surface area contributed by atoms with Crippen LogP contribution in [0.25, 0.3) is 11.0 Å². The maximum Gasteiger partial charge on any atom is 0.161 e. The minimum absolute atomic E-state index is 0.634. The van der Waals surface area contributed by atoms with Crippen LogP contribution in [0.2, 0.25) is 0 Å². The van der Waals surface area contributed by atoms with Gasteiger partial charge in [-0.2, -0.15) is 5.10 Å². The fourth-order valence-corrected chi connectivity index (χ4v) is 3.00. The van der Waals surface area contributed by atoms with Gasteiger partial charge in [-0.3, -0.25) is 5.10 Å². The second-order valence-electron chi connectivity index (χ2n) is 6.26. The van der Waals surface area contributed by atoms with Crippen molar-refractivity contribution in [3.05, 3.63) is 42.1 Å². The van der Waals surface area contributed by atoms with Crippen LogP contribution in [0.1, 0.15) is 12.0 Å². The molecule has 3 aromatic rings. The molecule has 3 heterocycles. The molecule has 0 aliphatic carbocycles. The van der Waals surface area contributed by atoms with Gasteiger partial charge in [0.15, 0.2) is 11.5 Å². The first-order valence-electron chi connectivity index (χ1n) is 8.32. The van der Waals surface area contributed by atoms with Gasteiger partial charge < -0.3 is 15.4 Å². The Kier molecular flexibility index (Phi) is 4.04. The van der Waals surface area contributed by atoms with Crippen LogP contribution in [0, 0.1) is 12.8 Å². The Hall–Kier alpha value is -2.60. The Balaban J connectivity index is 1.59. The van der Waals surface area contributed by atoms with Crippen LogP contribution in [0.5, 0.6) is 11.5 Å². The first kappa shape index (κ1) is 15.0. The molecule has 1 aliphatic heterocycles. The van der Waals surface area contributed by atoms with Crippen LogP contribution in [0.15, 0.2) is 36.5 Å². The largest absolute Gasteiger partial charge is 0.456 e. The summed E-state index contributed by atoms with van der Waals surface area (Å²) in [6.45, 7) is 5.10. The minimum atomic E-state index is 0.634. The van der Waals surface area contributed by atoms with Gasteiger partial charge in [-0.25, -0.2) is 4.98 Å². The van der Waals surface area contributed by atoms with Crippen molar-refractivity contribution in [1.29, 1.82) is 0 Å². The zero-order chi connectivity index (χ0) is 16.4. The molecule has 0 unspecified atom stereocenters. The van der Waals surface area contributed by atoms with Gasteiger partial charge in [0.1, 0.15) is 16.9 Å². The number of nitrogens with zero attached hydrogens (tertiary/aromatic N) is 2. The van der Waals surface area contributed by atoms with Crippen molar-refractivity contribution in [2.75, 3.05) is 25.0 Å². The van der Waals surface area contributed by atoms with E-state index in [4.69, 9.17) is 4.74 Å². The number of aryl methyl sites for hydroxylation is 1. The molecule has 1 fully saturated rings. The van der Waals surface area contributed by atoms with Gasteiger partial charge in [-0.15, -0.1) is 0 Å². The Morgan fingerprint density at radius 3 is 2.92 bits per heavy atom. The molecule has 124 valence electrons. The zero-order valence-corrected chi connectivity index (χ0v) is 13.7. The van der Waals surface area contributed by atoms with E-state index in [0.717, 1.165) is 48.0 Å². The summed E-state index contributed by atoms with van der Waals surface area (Å²) in [5, 5.41) is 15.1. The van der Waals surface area contributed by atoms with Crippen LogP contribution in [-0.4, -0.2) is 34.8 Å². The molecule has 3 N–H and O–H groups in total. The first-order valence-corrected chi connectivity index (χ1v) is 8.32. The molecule has 24 heavy (non-hydrogen) atoms. The highest BCUT2D eigenvalue weighted by molar-refractivity contribution is 5.92. The lowest BCUT2D eigenvalue weighted by Crippen LogP contribution is -2.17. The highest BCUT2D eigenvalue weighted by Gasteiger charge is 2.17. The molecule has 1 aromatic carbocycles. The van der Waals surface area contributed by atoms with Crippen molar-refractivity contribution in [2.45, 2.75) is 13.3 Å². The maximum atomic E-state index is 6.07. The second-order valence-corrected chi connectivity index (χ2v) is 6.26. The summed E-state index contributed by atoms with van der Waals surface area (Å²) < 4.78 is 6.07. The highest BCUT2D eigenvalue weighted by atomic mass is 16.5. The molecule has 0 radical (unpaired) electrons. The van der Waals surface area contributed by atoms with E-state index in [2.05, 4.69) is 32.7 Å². The van der Waals surface area contributed by atoms with Gasteiger partial charge in [-0.05, 0) is 44.5 Å². The molecule has 0 saturated carbocycles. The van der Waals surface area contributed by atoms with Crippen molar-refractivity contribution >= 4 is 16.9 Å². The second kappa shape index (κ2) is 6.49. The van der Waals surface area contributed by atoms with Gasteiger partial charge in [0.05, 0.1) is 0 Å². The number of anilines is 1. The molecule has 0 amide bonds. The minimum Gasteiger partial charge on any atom is -0.456 e. The highest BCUT2D eigenvalue weighted by Crippen LogP contribution is 2.32. The van der Waals surface area contributed by atoms with E-state index >= 15 is 0 Å². The van der Waals surface area contributed by atoms with E-state index in [-0.39, 0.29) is 0 Å². The van der Waals surface area contributed by atoms with Gasteiger partial charge in [-0.1, -0.05) is 17.7 Å². The number of ether oxygens (including phenoxy) is 1. The first-order chi connectivity index (χ1) is 11.8. The Bertz CT molecular complexity index is 821. The summed E-state index contributed by atoms with van der Waals surface area (Å²) in [7, 11) is 0. The van der Waals surface area contributed by atoms with Crippen LogP contribution < -0.4 is 15.4 Å². The number of benzene rings is 1. The Morgan fingerprint density at radius 1 is 1.25 bits per heavy atom. The standard InChI is InChI=1S/C18H21N5O/c1-12-2-4-14(5-3-12)24-15-7-9-20-17-16(15)18(23-22-17)21-11-13-6-8-19-10-13/h2-5,7,9,13,19H,6,8,10-11H2,1H3,(H2,20,21,22,23)/t13-/m0/s1. The third kappa shape index (κ3) is 3.05. The third-order valence-electron chi connectivity index (χ3n) is 4.39. The van der Waals surface area contributed by atoms with Crippen molar-refractivity contribution in [2.24, 2.45) is 5.92 Å². The summed E-state index contributed by atoms with van der Waals surface area (Å²) in [4.78, 5) is 4.35. The summed E-state index contributed by atoms with van der Waals surface area (Å²) in [6, 6.07) is 9.89. The maximum absolute atomic E-state index is 6.07. The zero-order valence-electron chi connectivity index (χ0n) is 13.7. The molecular weight excluding hydrogens is 302 g/mol. The molecule has 1 saturated heterocycles. The van der Waals surface area contributed by atoms with Gasteiger partial charge in [0.25, 0.3) is 0 Å². The molecule has 6 nitrogen and oxygen atoms in total. The van der Waals surface area contributed by atoms with E-state index in [0.29, 0.717) is 5.92 Å². The summed E-state index contributed by atoms with van der Waals surface area (Å²) in [5.74, 6) is 2.99. The quantitative estimate of drug-likeness (QED) is 0.673. The van der Waals surface area contributed by atoms with E-state index in [1.807, 2.05) is 30.3 Å². The van der Waals surface area contributed by atoms with E-state index in [1.54, 1.807) is 6.20 Å². The number of hydrogen-bond donors (Lipinski definition) is 3. The monoisotopic (exact) mass is 323 g/mol. The summed E-state index contributed by atoms with van der Waals surface area (Å²) in [5.41, 5.74) is 1.93.